The molecule has 0 atom stereocenters. The van der Waals surface area contributed by atoms with Gasteiger partial charge >= 0.3 is 0 Å². The Morgan fingerprint density at radius 3 is 2.67 bits per heavy atom. The first-order valence-corrected chi connectivity index (χ1v) is 6.71. The molecule has 3 heteroatoms. The van der Waals surface area contributed by atoms with Gasteiger partial charge in [0.2, 0.25) is 0 Å². The minimum Gasteiger partial charge on any atom is -0.308 e. The fraction of sp³-hybridized carbons (Fsp3) is 0.500. The van der Waals surface area contributed by atoms with Crippen LogP contribution in [0.5, 0.6) is 0 Å². The molecule has 0 saturated heterocycles. The lowest BCUT2D eigenvalue weighted by Crippen LogP contribution is -2.36. The zero-order valence-electron chi connectivity index (χ0n) is 9.73. The van der Waals surface area contributed by atoms with Crippen LogP contribution in [-0.2, 0) is 0 Å². The summed E-state index contributed by atoms with van der Waals surface area (Å²) in [5.41, 5.74) is 1.54. The Morgan fingerprint density at radius 1 is 1.53 bits per heavy atom. The van der Waals surface area contributed by atoms with Gasteiger partial charge < -0.3 is 5.32 Å². The molecule has 1 aromatic heterocycles. The topological polar surface area (TPSA) is 12.0 Å². The Bertz CT molecular complexity index is 347. The van der Waals surface area contributed by atoms with Crippen LogP contribution in [0.15, 0.2) is 21.5 Å². The summed E-state index contributed by atoms with van der Waals surface area (Å²) in [5, 5.41) is 5.57. The molecule has 1 rings (SSSR count). The lowest BCUT2D eigenvalue weighted by atomic mass is 10.1. The molecule has 1 nitrogen and oxygen atoms in total. The van der Waals surface area contributed by atoms with Gasteiger partial charge in [-0.3, -0.25) is 0 Å². The fourth-order valence-electron chi connectivity index (χ4n) is 1.09. The molecule has 0 aliphatic rings. The third kappa shape index (κ3) is 4.96. The summed E-state index contributed by atoms with van der Waals surface area (Å²) in [5.74, 6) is 0. The number of hydrogen-bond acceptors (Lipinski definition) is 2. The Kier molecular flexibility index (Phi) is 4.56. The summed E-state index contributed by atoms with van der Waals surface area (Å²) < 4.78 is 1.18. The van der Waals surface area contributed by atoms with Gasteiger partial charge in [0, 0.05) is 21.4 Å². The average molecular weight is 288 g/mol. The van der Waals surface area contributed by atoms with Gasteiger partial charge in [0.1, 0.15) is 0 Å². The van der Waals surface area contributed by atoms with Gasteiger partial charge in [-0.1, -0.05) is 5.57 Å². The summed E-state index contributed by atoms with van der Waals surface area (Å²) in [7, 11) is 0. The first kappa shape index (κ1) is 12.9. The van der Waals surface area contributed by atoms with Gasteiger partial charge in [-0.25, -0.2) is 0 Å². The predicted molar refractivity (Wildman–Crippen MR) is 73.4 cm³/mol. The van der Waals surface area contributed by atoms with Crippen molar-refractivity contribution in [1.82, 2.24) is 5.32 Å². The molecule has 15 heavy (non-hydrogen) atoms. The van der Waals surface area contributed by atoms with Crippen molar-refractivity contribution in [3.63, 3.8) is 0 Å². The van der Waals surface area contributed by atoms with Crippen molar-refractivity contribution in [2.75, 3.05) is 6.54 Å². The van der Waals surface area contributed by atoms with E-state index in [1.807, 2.05) is 0 Å². The van der Waals surface area contributed by atoms with E-state index in [4.69, 9.17) is 0 Å². The minimum absolute atomic E-state index is 0.182. The molecule has 1 aromatic rings. The number of rotatable bonds is 3. The van der Waals surface area contributed by atoms with Crippen LogP contribution in [0.2, 0.25) is 0 Å². The third-order valence-corrected chi connectivity index (χ3v) is 3.74. The van der Waals surface area contributed by atoms with Crippen LogP contribution >= 0.6 is 27.3 Å². The summed E-state index contributed by atoms with van der Waals surface area (Å²) in [4.78, 5) is 1.29. The Hall–Kier alpha value is -0.120. The SMILES string of the molecule is C/C(=C/c1sccc1Br)CNC(C)(C)C. The maximum absolute atomic E-state index is 3.53. The van der Waals surface area contributed by atoms with Crippen molar-refractivity contribution in [1.29, 1.82) is 0 Å². The van der Waals surface area contributed by atoms with Gasteiger partial charge in [0.25, 0.3) is 0 Å². The monoisotopic (exact) mass is 287 g/mol. The number of nitrogens with one attached hydrogen (secondary N) is 1. The molecule has 0 unspecified atom stereocenters. The largest absolute Gasteiger partial charge is 0.308 e. The third-order valence-electron chi connectivity index (χ3n) is 1.92. The molecule has 0 aromatic carbocycles. The number of hydrogen-bond donors (Lipinski definition) is 1. The second-order valence-electron chi connectivity index (χ2n) is 4.73. The van der Waals surface area contributed by atoms with E-state index in [9.17, 15) is 0 Å². The minimum atomic E-state index is 0.182. The van der Waals surface area contributed by atoms with Gasteiger partial charge in [-0.05, 0) is 61.1 Å². The highest BCUT2D eigenvalue weighted by Crippen LogP contribution is 2.25. The fourth-order valence-corrected chi connectivity index (χ4v) is 2.59. The van der Waals surface area contributed by atoms with E-state index in [0.29, 0.717) is 0 Å². The van der Waals surface area contributed by atoms with Crippen LogP contribution in [0.4, 0.5) is 0 Å². The summed E-state index contributed by atoms with van der Waals surface area (Å²) in [6, 6.07) is 2.08. The lowest BCUT2D eigenvalue weighted by Gasteiger charge is -2.20. The molecule has 1 heterocycles. The highest BCUT2D eigenvalue weighted by atomic mass is 79.9. The van der Waals surface area contributed by atoms with Crippen LogP contribution in [0.25, 0.3) is 6.08 Å². The summed E-state index contributed by atoms with van der Waals surface area (Å²) in [6.07, 6.45) is 2.23. The Balaban J connectivity index is 2.58. The maximum Gasteiger partial charge on any atom is 0.0412 e. The van der Waals surface area contributed by atoms with Crippen molar-refractivity contribution in [2.45, 2.75) is 33.2 Å². The maximum atomic E-state index is 3.53. The van der Waals surface area contributed by atoms with E-state index >= 15 is 0 Å². The summed E-state index contributed by atoms with van der Waals surface area (Å²) in [6.45, 7) is 9.64. The molecule has 0 radical (unpaired) electrons. The van der Waals surface area contributed by atoms with Crippen LogP contribution in [0, 0.1) is 0 Å². The Morgan fingerprint density at radius 2 is 2.20 bits per heavy atom. The quantitative estimate of drug-likeness (QED) is 0.874. The molecule has 0 amide bonds. The molecule has 0 fully saturated rings. The van der Waals surface area contributed by atoms with E-state index in [1.54, 1.807) is 11.3 Å². The van der Waals surface area contributed by atoms with Crippen LogP contribution < -0.4 is 5.32 Å². The zero-order valence-corrected chi connectivity index (χ0v) is 12.1. The highest BCUT2D eigenvalue weighted by Gasteiger charge is 2.08. The Labute approximate surface area is 105 Å². The molecule has 0 spiro atoms. The number of thiophene rings is 1. The predicted octanol–water partition coefficient (Wildman–Crippen LogP) is 4.30. The molecular formula is C12H18BrNS. The highest BCUT2D eigenvalue weighted by molar-refractivity contribution is 9.10. The second kappa shape index (κ2) is 5.28. The zero-order chi connectivity index (χ0) is 11.5. The molecule has 0 saturated carbocycles. The van der Waals surface area contributed by atoms with E-state index in [-0.39, 0.29) is 5.54 Å². The number of halogens is 1. The van der Waals surface area contributed by atoms with Crippen molar-refractivity contribution in [2.24, 2.45) is 0 Å². The van der Waals surface area contributed by atoms with E-state index in [0.717, 1.165) is 6.54 Å². The van der Waals surface area contributed by atoms with Gasteiger partial charge in [0.05, 0.1) is 0 Å². The van der Waals surface area contributed by atoms with Crippen molar-refractivity contribution < 1.29 is 0 Å². The molecule has 0 aliphatic heterocycles. The smallest absolute Gasteiger partial charge is 0.0412 e. The molecule has 0 bridgehead atoms. The second-order valence-corrected chi connectivity index (χ2v) is 6.53. The van der Waals surface area contributed by atoms with Gasteiger partial charge in [0.15, 0.2) is 0 Å². The van der Waals surface area contributed by atoms with E-state index in [1.165, 1.54) is 14.9 Å². The molecule has 84 valence electrons. The van der Waals surface area contributed by atoms with Gasteiger partial charge in [-0.2, -0.15) is 0 Å². The van der Waals surface area contributed by atoms with Crippen LogP contribution in [0.3, 0.4) is 0 Å². The van der Waals surface area contributed by atoms with E-state index < -0.39 is 0 Å². The first-order chi connectivity index (χ1) is 6.88. The molecule has 1 N–H and O–H groups in total. The first-order valence-electron chi connectivity index (χ1n) is 5.04. The van der Waals surface area contributed by atoms with Crippen molar-refractivity contribution >= 4 is 33.3 Å². The average Bonchev–Trinajstić information content (AvgIpc) is 2.47. The van der Waals surface area contributed by atoms with Crippen LogP contribution in [-0.4, -0.2) is 12.1 Å². The lowest BCUT2D eigenvalue weighted by molar-refractivity contribution is 0.445. The van der Waals surface area contributed by atoms with Crippen molar-refractivity contribution in [3.8, 4) is 0 Å². The van der Waals surface area contributed by atoms with Crippen molar-refractivity contribution in [3.05, 3.63) is 26.4 Å². The van der Waals surface area contributed by atoms with Gasteiger partial charge in [-0.15, -0.1) is 11.3 Å². The normalized spacial score (nSPS) is 13.3. The van der Waals surface area contributed by atoms with Crippen LogP contribution in [0.1, 0.15) is 32.6 Å². The standard InChI is InChI=1S/C12H18BrNS/c1-9(8-14-12(2,3)4)7-11-10(13)5-6-15-11/h5-7,14H,8H2,1-4H3/b9-7-. The molecule has 0 aliphatic carbocycles. The van der Waals surface area contributed by atoms with E-state index in [2.05, 4.69) is 66.5 Å². The summed E-state index contributed by atoms with van der Waals surface area (Å²) >= 11 is 5.29. The molecular weight excluding hydrogens is 270 g/mol.